The van der Waals surface area contributed by atoms with Crippen LogP contribution in [0.1, 0.15) is 56.6 Å². The molecule has 0 spiro atoms. The maximum Gasteiger partial charge on any atom is 0.409 e. The van der Waals surface area contributed by atoms with Gasteiger partial charge in [-0.05, 0) is 81.4 Å². The number of carbonyl (C=O) groups excluding carboxylic acids is 1. The molecule has 2 unspecified atom stereocenters. The van der Waals surface area contributed by atoms with E-state index in [1.165, 1.54) is 31.4 Å². The van der Waals surface area contributed by atoms with Crippen LogP contribution in [0.4, 0.5) is 4.79 Å². The van der Waals surface area contributed by atoms with Crippen molar-refractivity contribution in [1.29, 1.82) is 0 Å². The predicted molar refractivity (Wildman–Crippen MR) is 144 cm³/mol. The van der Waals surface area contributed by atoms with Crippen LogP contribution in [-0.4, -0.2) is 73.5 Å². The van der Waals surface area contributed by atoms with Crippen LogP contribution in [0.5, 0.6) is 0 Å². The van der Waals surface area contributed by atoms with E-state index in [1.54, 1.807) is 21.3 Å². The second-order valence-electron chi connectivity index (χ2n) is 10.3. The molecule has 0 saturated carbocycles. The molecule has 7 nitrogen and oxygen atoms in total. The summed E-state index contributed by atoms with van der Waals surface area (Å²) in [5.74, 6) is 0. The van der Waals surface area contributed by atoms with E-state index in [-0.39, 0.29) is 23.6 Å². The van der Waals surface area contributed by atoms with E-state index in [1.807, 2.05) is 30.3 Å². The van der Waals surface area contributed by atoms with Crippen LogP contribution in [0.2, 0.25) is 5.02 Å². The fraction of sp³-hybridized carbons (Fsp3) is 0.536. The van der Waals surface area contributed by atoms with Gasteiger partial charge in [0.1, 0.15) is 6.61 Å². The maximum absolute atomic E-state index is 13.8. The van der Waals surface area contributed by atoms with Gasteiger partial charge in [0.25, 0.3) is 0 Å². The van der Waals surface area contributed by atoms with E-state index >= 15 is 0 Å². The molecule has 0 radical (unpaired) electrons. The van der Waals surface area contributed by atoms with Crippen LogP contribution in [0.15, 0.2) is 59.5 Å². The third-order valence-electron chi connectivity index (χ3n) is 8.04. The molecular formula is C28H36ClN3O4S. The van der Waals surface area contributed by atoms with E-state index in [2.05, 4.69) is 4.90 Å². The standard InChI is InChI=1S/C28H36ClN3O4S/c29-23-9-12-26(13-10-23)37(34,35)32-25(11-14-27(32)22-7-3-1-4-8-22)21-36-28(33)31-19-15-24(16-20-31)30-17-5-2-6-18-30/h1,3-4,7-10,12-13,24-25,27H,2,5-6,11,14-21H2. The molecule has 9 heteroatoms. The number of hydrogen-bond acceptors (Lipinski definition) is 5. The number of likely N-dealkylation sites (tertiary alicyclic amines) is 2. The highest BCUT2D eigenvalue weighted by molar-refractivity contribution is 7.89. The number of halogens is 1. The summed E-state index contributed by atoms with van der Waals surface area (Å²) in [4.78, 5) is 17.5. The van der Waals surface area contributed by atoms with Crippen LogP contribution >= 0.6 is 11.6 Å². The summed E-state index contributed by atoms with van der Waals surface area (Å²) in [6.07, 6.45) is 6.73. The maximum atomic E-state index is 13.8. The molecule has 5 rings (SSSR count). The van der Waals surface area contributed by atoms with E-state index in [0.717, 1.165) is 31.5 Å². The van der Waals surface area contributed by atoms with Crippen molar-refractivity contribution in [2.45, 2.75) is 68.0 Å². The summed E-state index contributed by atoms with van der Waals surface area (Å²) in [7, 11) is -3.83. The van der Waals surface area contributed by atoms with Crippen LogP contribution in [0.3, 0.4) is 0 Å². The first-order valence-electron chi connectivity index (χ1n) is 13.4. The summed E-state index contributed by atoms with van der Waals surface area (Å²) in [6.45, 7) is 3.74. The smallest absolute Gasteiger partial charge is 0.409 e. The van der Waals surface area contributed by atoms with Gasteiger partial charge in [-0.1, -0.05) is 48.4 Å². The highest BCUT2D eigenvalue weighted by atomic mass is 35.5. The van der Waals surface area contributed by atoms with Gasteiger partial charge >= 0.3 is 6.09 Å². The molecule has 3 saturated heterocycles. The van der Waals surface area contributed by atoms with Crippen molar-refractivity contribution in [1.82, 2.24) is 14.1 Å². The minimum Gasteiger partial charge on any atom is -0.448 e. The van der Waals surface area contributed by atoms with Gasteiger partial charge in [0.15, 0.2) is 0 Å². The van der Waals surface area contributed by atoms with Crippen molar-refractivity contribution in [3.63, 3.8) is 0 Å². The van der Waals surface area contributed by atoms with E-state index in [9.17, 15) is 13.2 Å². The third kappa shape index (κ3) is 5.98. The molecule has 0 bridgehead atoms. The molecule has 2 atom stereocenters. The van der Waals surface area contributed by atoms with Crippen LogP contribution in [0, 0.1) is 0 Å². The average molecular weight is 546 g/mol. The molecular weight excluding hydrogens is 510 g/mol. The van der Waals surface area contributed by atoms with Gasteiger partial charge < -0.3 is 14.5 Å². The zero-order valence-corrected chi connectivity index (χ0v) is 22.7. The van der Waals surface area contributed by atoms with Crippen molar-refractivity contribution < 1.29 is 17.9 Å². The molecule has 2 aromatic rings. The molecule has 0 N–H and O–H groups in total. The van der Waals surface area contributed by atoms with E-state index < -0.39 is 16.1 Å². The largest absolute Gasteiger partial charge is 0.448 e. The van der Waals surface area contributed by atoms with Gasteiger partial charge in [-0.25, -0.2) is 13.2 Å². The molecule has 1 amide bonds. The van der Waals surface area contributed by atoms with Crippen LogP contribution in [-0.2, 0) is 14.8 Å². The molecule has 3 aliphatic rings. The van der Waals surface area contributed by atoms with Crippen molar-refractivity contribution in [2.24, 2.45) is 0 Å². The Kier molecular flexibility index (Phi) is 8.39. The zero-order valence-electron chi connectivity index (χ0n) is 21.2. The number of hydrogen-bond donors (Lipinski definition) is 0. The summed E-state index contributed by atoms with van der Waals surface area (Å²) in [5.41, 5.74) is 0.939. The molecule has 37 heavy (non-hydrogen) atoms. The average Bonchev–Trinajstić information content (AvgIpc) is 3.38. The van der Waals surface area contributed by atoms with Gasteiger partial charge in [0, 0.05) is 24.2 Å². The van der Waals surface area contributed by atoms with Crippen molar-refractivity contribution in [3.8, 4) is 0 Å². The fourth-order valence-corrected chi connectivity index (χ4v) is 8.02. The summed E-state index contributed by atoms with van der Waals surface area (Å²) in [5, 5.41) is 0.481. The lowest BCUT2D eigenvalue weighted by atomic mass is 10.0. The summed E-state index contributed by atoms with van der Waals surface area (Å²) in [6, 6.07) is 15.7. The van der Waals surface area contributed by atoms with Gasteiger partial charge in [0.05, 0.1) is 17.0 Å². The highest BCUT2D eigenvalue weighted by Gasteiger charge is 2.43. The van der Waals surface area contributed by atoms with Gasteiger partial charge in [0.2, 0.25) is 10.0 Å². The van der Waals surface area contributed by atoms with Gasteiger partial charge in [-0.15, -0.1) is 0 Å². The normalized spacial score (nSPS) is 24.3. The first-order valence-corrected chi connectivity index (χ1v) is 15.2. The highest BCUT2D eigenvalue weighted by Crippen LogP contribution is 2.40. The van der Waals surface area contributed by atoms with E-state index in [0.29, 0.717) is 37.0 Å². The Labute approximate surface area is 225 Å². The lowest BCUT2D eigenvalue weighted by Crippen LogP contribution is -2.48. The molecule has 3 heterocycles. The molecule has 2 aromatic carbocycles. The molecule has 200 valence electrons. The zero-order chi connectivity index (χ0) is 25.8. The second kappa shape index (κ2) is 11.7. The number of nitrogens with zero attached hydrogens (tertiary/aromatic N) is 3. The number of piperidine rings is 2. The first kappa shape index (κ1) is 26.5. The quantitative estimate of drug-likeness (QED) is 0.491. The van der Waals surface area contributed by atoms with Crippen LogP contribution in [0.25, 0.3) is 0 Å². The molecule has 3 fully saturated rings. The second-order valence-corrected chi connectivity index (χ2v) is 12.6. The van der Waals surface area contributed by atoms with Gasteiger partial charge in [-0.3, -0.25) is 0 Å². The predicted octanol–water partition coefficient (Wildman–Crippen LogP) is 5.32. The van der Waals surface area contributed by atoms with E-state index in [4.69, 9.17) is 16.3 Å². The lowest BCUT2D eigenvalue weighted by Gasteiger charge is -2.40. The van der Waals surface area contributed by atoms with Crippen molar-refractivity contribution in [3.05, 3.63) is 65.2 Å². The molecule has 3 aliphatic heterocycles. The Morgan fingerprint density at radius 3 is 2.22 bits per heavy atom. The Hall–Kier alpha value is -2.13. The summed E-state index contributed by atoms with van der Waals surface area (Å²) >= 11 is 6.01. The van der Waals surface area contributed by atoms with Crippen molar-refractivity contribution in [2.75, 3.05) is 32.8 Å². The summed E-state index contributed by atoms with van der Waals surface area (Å²) < 4.78 is 34.9. The van der Waals surface area contributed by atoms with Crippen LogP contribution < -0.4 is 0 Å². The Morgan fingerprint density at radius 2 is 1.54 bits per heavy atom. The number of carbonyl (C=O) groups is 1. The fourth-order valence-electron chi connectivity index (χ4n) is 6.05. The van der Waals surface area contributed by atoms with Crippen molar-refractivity contribution >= 4 is 27.7 Å². The number of benzene rings is 2. The lowest BCUT2D eigenvalue weighted by molar-refractivity contribution is 0.0575. The Bertz CT molecular complexity index is 1150. The topological polar surface area (TPSA) is 70.2 Å². The number of rotatable bonds is 6. The number of amides is 1. The molecule has 0 aliphatic carbocycles. The van der Waals surface area contributed by atoms with Gasteiger partial charge in [-0.2, -0.15) is 4.31 Å². The number of sulfonamides is 1. The minimum atomic E-state index is -3.83. The SMILES string of the molecule is O=C(OCC1CCC(c2ccccc2)N1S(=O)(=O)c1ccc(Cl)cc1)N1CCC(N2CCCCC2)CC1. The monoisotopic (exact) mass is 545 g/mol. The minimum absolute atomic E-state index is 0.0427. The third-order valence-corrected chi connectivity index (χ3v) is 10.3. The molecule has 0 aromatic heterocycles. The first-order chi connectivity index (χ1) is 17.9. The Morgan fingerprint density at radius 1 is 0.865 bits per heavy atom. The Balaban J connectivity index is 1.25. The number of ether oxygens (including phenoxy) is 1.